The summed E-state index contributed by atoms with van der Waals surface area (Å²) in [6, 6.07) is 1.80. The van der Waals surface area contributed by atoms with Gasteiger partial charge in [-0.2, -0.15) is 0 Å². The van der Waals surface area contributed by atoms with E-state index in [-0.39, 0.29) is 0 Å². The molecule has 62 valence electrons. The molecule has 0 fully saturated rings. The van der Waals surface area contributed by atoms with Crippen LogP contribution >= 0.6 is 15.9 Å². The van der Waals surface area contributed by atoms with Gasteiger partial charge in [0.1, 0.15) is 5.76 Å². The topological polar surface area (TPSA) is 35.3 Å². The average Bonchev–Trinajstić information content (AvgIpc) is 2.50. The summed E-state index contributed by atoms with van der Waals surface area (Å²) in [6.45, 7) is 2.05. The second-order valence-corrected chi connectivity index (χ2v) is 2.97. The Labute approximate surface area is 73.8 Å². The van der Waals surface area contributed by atoms with Crippen LogP contribution in [0.15, 0.2) is 10.6 Å². The minimum Gasteiger partial charge on any atom is -0.479 e. The standard InChI is InChI=1S/C7H10BrNO2/c1-5(4-8)6-3-7(10-2)9-11-6/h3,5H,4H2,1-2H3. The molecule has 4 heteroatoms. The first-order chi connectivity index (χ1) is 5.27. The molecule has 0 spiro atoms. The van der Waals surface area contributed by atoms with Crippen LogP contribution in [0.5, 0.6) is 5.88 Å². The van der Waals surface area contributed by atoms with Gasteiger partial charge in [-0.15, -0.1) is 0 Å². The Morgan fingerprint density at radius 2 is 2.55 bits per heavy atom. The van der Waals surface area contributed by atoms with Crippen molar-refractivity contribution in [2.75, 3.05) is 12.4 Å². The highest BCUT2D eigenvalue weighted by Crippen LogP contribution is 2.20. The number of ether oxygens (including phenoxy) is 1. The van der Waals surface area contributed by atoms with E-state index in [1.807, 2.05) is 0 Å². The maximum atomic E-state index is 5.00. The van der Waals surface area contributed by atoms with Crippen molar-refractivity contribution in [2.24, 2.45) is 0 Å². The van der Waals surface area contributed by atoms with Crippen molar-refractivity contribution >= 4 is 15.9 Å². The molecular weight excluding hydrogens is 210 g/mol. The van der Waals surface area contributed by atoms with E-state index >= 15 is 0 Å². The zero-order valence-corrected chi connectivity index (χ0v) is 8.09. The Hall–Kier alpha value is -0.510. The van der Waals surface area contributed by atoms with Gasteiger partial charge in [0.2, 0.25) is 0 Å². The predicted molar refractivity (Wildman–Crippen MR) is 45.3 cm³/mol. The summed E-state index contributed by atoms with van der Waals surface area (Å²) in [5.74, 6) is 1.72. The molecule has 1 heterocycles. The van der Waals surface area contributed by atoms with E-state index in [1.54, 1.807) is 13.2 Å². The normalized spacial score (nSPS) is 13.0. The van der Waals surface area contributed by atoms with Crippen molar-refractivity contribution in [3.05, 3.63) is 11.8 Å². The first-order valence-corrected chi connectivity index (χ1v) is 4.46. The van der Waals surface area contributed by atoms with Crippen LogP contribution < -0.4 is 4.74 Å². The van der Waals surface area contributed by atoms with E-state index in [4.69, 9.17) is 9.26 Å². The van der Waals surface area contributed by atoms with Crippen LogP contribution in [0.3, 0.4) is 0 Å². The number of nitrogens with zero attached hydrogens (tertiary/aromatic N) is 1. The average molecular weight is 220 g/mol. The van der Waals surface area contributed by atoms with Crippen LogP contribution in [0.4, 0.5) is 0 Å². The first-order valence-electron chi connectivity index (χ1n) is 3.34. The molecule has 1 aromatic rings. The van der Waals surface area contributed by atoms with Gasteiger partial charge >= 0.3 is 0 Å². The molecule has 11 heavy (non-hydrogen) atoms. The van der Waals surface area contributed by atoms with Crippen molar-refractivity contribution in [1.29, 1.82) is 0 Å². The molecule has 0 bridgehead atoms. The molecule has 1 unspecified atom stereocenters. The van der Waals surface area contributed by atoms with Gasteiger partial charge in [0.25, 0.3) is 5.88 Å². The van der Waals surface area contributed by atoms with E-state index in [2.05, 4.69) is 28.0 Å². The van der Waals surface area contributed by atoms with Crippen molar-refractivity contribution < 1.29 is 9.26 Å². The van der Waals surface area contributed by atoms with Crippen molar-refractivity contribution in [3.8, 4) is 5.88 Å². The molecular formula is C7H10BrNO2. The zero-order chi connectivity index (χ0) is 8.27. The number of rotatable bonds is 3. The summed E-state index contributed by atoms with van der Waals surface area (Å²) in [6.07, 6.45) is 0. The number of hydrogen-bond donors (Lipinski definition) is 0. The Kier molecular flexibility index (Phi) is 2.93. The third-order valence-corrected chi connectivity index (χ3v) is 2.40. The smallest absolute Gasteiger partial charge is 0.254 e. The largest absolute Gasteiger partial charge is 0.479 e. The Morgan fingerprint density at radius 1 is 1.82 bits per heavy atom. The molecule has 0 radical (unpaired) electrons. The third kappa shape index (κ3) is 1.96. The molecule has 3 nitrogen and oxygen atoms in total. The summed E-state index contributed by atoms with van der Waals surface area (Å²) in [4.78, 5) is 0. The predicted octanol–water partition coefficient (Wildman–Crippen LogP) is 2.18. The molecule has 0 saturated carbocycles. The fraction of sp³-hybridized carbons (Fsp3) is 0.571. The Bertz CT molecular complexity index is 224. The lowest BCUT2D eigenvalue weighted by atomic mass is 10.2. The summed E-state index contributed by atoms with van der Waals surface area (Å²) in [5.41, 5.74) is 0. The molecule has 1 aromatic heterocycles. The summed E-state index contributed by atoms with van der Waals surface area (Å²) < 4.78 is 9.87. The molecule has 1 rings (SSSR count). The summed E-state index contributed by atoms with van der Waals surface area (Å²) in [7, 11) is 1.57. The lowest BCUT2D eigenvalue weighted by Gasteiger charge is -1.98. The van der Waals surface area contributed by atoms with Crippen molar-refractivity contribution in [1.82, 2.24) is 5.16 Å². The molecule has 0 aliphatic rings. The lowest BCUT2D eigenvalue weighted by molar-refractivity contribution is 0.322. The van der Waals surface area contributed by atoms with Gasteiger partial charge in [0.15, 0.2) is 0 Å². The van der Waals surface area contributed by atoms with Crippen LogP contribution in [0.2, 0.25) is 0 Å². The van der Waals surface area contributed by atoms with Gasteiger partial charge in [0, 0.05) is 17.3 Å². The number of alkyl halides is 1. The van der Waals surface area contributed by atoms with Crippen molar-refractivity contribution in [2.45, 2.75) is 12.8 Å². The highest BCUT2D eigenvalue weighted by molar-refractivity contribution is 9.09. The second kappa shape index (κ2) is 3.76. The molecule has 0 aromatic carbocycles. The number of hydrogen-bond acceptors (Lipinski definition) is 3. The molecule has 0 amide bonds. The van der Waals surface area contributed by atoms with E-state index in [1.165, 1.54) is 0 Å². The number of halogens is 1. The molecule has 1 atom stereocenters. The van der Waals surface area contributed by atoms with Gasteiger partial charge in [0.05, 0.1) is 7.11 Å². The van der Waals surface area contributed by atoms with Crippen LogP contribution in [-0.2, 0) is 0 Å². The van der Waals surface area contributed by atoms with Gasteiger partial charge < -0.3 is 9.26 Å². The molecule has 0 saturated heterocycles. The van der Waals surface area contributed by atoms with Crippen LogP contribution in [-0.4, -0.2) is 17.6 Å². The van der Waals surface area contributed by atoms with Crippen LogP contribution in [0, 0.1) is 0 Å². The highest BCUT2D eigenvalue weighted by atomic mass is 79.9. The first kappa shape index (κ1) is 8.59. The Balaban J connectivity index is 2.71. The van der Waals surface area contributed by atoms with E-state index in [0.29, 0.717) is 11.8 Å². The number of methoxy groups -OCH3 is 1. The monoisotopic (exact) mass is 219 g/mol. The maximum Gasteiger partial charge on any atom is 0.254 e. The maximum absolute atomic E-state index is 5.00. The fourth-order valence-electron chi connectivity index (χ4n) is 0.677. The van der Waals surface area contributed by atoms with Gasteiger partial charge in [-0.1, -0.05) is 22.9 Å². The third-order valence-electron chi connectivity index (χ3n) is 1.43. The second-order valence-electron chi connectivity index (χ2n) is 2.33. The minimum atomic E-state index is 0.339. The quantitative estimate of drug-likeness (QED) is 0.732. The lowest BCUT2D eigenvalue weighted by Crippen LogP contribution is -1.90. The Morgan fingerprint density at radius 3 is 3.00 bits per heavy atom. The van der Waals surface area contributed by atoms with Crippen LogP contribution in [0.25, 0.3) is 0 Å². The van der Waals surface area contributed by atoms with Gasteiger partial charge in [-0.05, 0) is 5.16 Å². The van der Waals surface area contributed by atoms with Crippen molar-refractivity contribution in [3.63, 3.8) is 0 Å². The van der Waals surface area contributed by atoms with E-state index in [0.717, 1.165) is 11.1 Å². The summed E-state index contributed by atoms with van der Waals surface area (Å²) in [5, 5.41) is 4.55. The molecule has 0 aliphatic carbocycles. The SMILES string of the molecule is COc1cc(C(C)CBr)on1. The fourth-order valence-corrected chi connectivity index (χ4v) is 0.996. The number of aromatic nitrogens is 1. The van der Waals surface area contributed by atoms with E-state index < -0.39 is 0 Å². The van der Waals surface area contributed by atoms with Gasteiger partial charge in [-0.3, -0.25) is 0 Å². The molecule has 0 aliphatic heterocycles. The minimum absolute atomic E-state index is 0.339. The zero-order valence-electron chi connectivity index (χ0n) is 6.50. The summed E-state index contributed by atoms with van der Waals surface area (Å²) >= 11 is 3.35. The highest BCUT2D eigenvalue weighted by Gasteiger charge is 2.10. The molecule has 0 N–H and O–H groups in total. The van der Waals surface area contributed by atoms with Gasteiger partial charge in [-0.25, -0.2) is 0 Å². The van der Waals surface area contributed by atoms with E-state index in [9.17, 15) is 0 Å². The van der Waals surface area contributed by atoms with Crippen LogP contribution in [0.1, 0.15) is 18.6 Å².